The monoisotopic (exact) mass is 284 g/mol. The summed E-state index contributed by atoms with van der Waals surface area (Å²) in [7, 11) is 0. The molecule has 0 aromatic carbocycles. The van der Waals surface area contributed by atoms with E-state index in [1.807, 2.05) is 37.3 Å². The molecular formula is C16H20N4O. The maximum Gasteiger partial charge on any atom is 0.239 e. The average Bonchev–Trinajstić information content (AvgIpc) is 3.33. The van der Waals surface area contributed by atoms with Crippen molar-refractivity contribution < 1.29 is 4.74 Å². The predicted octanol–water partition coefficient (Wildman–Crippen LogP) is 3.02. The summed E-state index contributed by atoms with van der Waals surface area (Å²) in [6.45, 7) is 2.75. The lowest BCUT2D eigenvalue weighted by molar-refractivity contribution is 0.290. The fourth-order valence-electron chi connectivity index (χ4n) is 2.06. The lowest BCUT2D eigenvalue weighted by Crippen LogP contribution is -2.11. The van der Waals surface area contributed by atoms with Gasteiger partial charge in [0.05, 0.1) is 24.0 Å². The highest BCUT2D eigenvalue weighted by molar-refractivity contribution is 5.54. The lowest BCUT2D eigenvalue weighted by Gasteiger charge is -2.15. The van der Waals surface area contributed by atoms with Crippen molar-refractivity contribution in [3.63, 3.8) is 0 Å². The molecule has 1 atom stereocenters. The maximum atomic E-state index is 5.91. The minimum Gasteiger partial charge on any atom is -0.476 e. The number of aromatic nitrogens is 2. The number of nitrogen functional groups attached to an aromatic ring is 1. The molecule has 2 aromatic heterocycles. The van der Waals surface area contributed by atoms with E-state index in [1.54, 1.807) is 6.20 Å². The quantitative estimate of drug-likeness (QED) is 0.853. The standard InChI is InChI=1S/C16H20N4O/c1-11(14-4-2-3-9-18-14)19-15-8-7-13(17)16(20-15)21-10-12-5-6-12/h2-4,7-9,11-12H,5-6,10,17H2,1H3,(H,19,20). The van der Waals surface area contributed by atoms with Crippen LogP contribution in [0.15, 0.2) is 36.5 Å². The van der Waals surface area contributed by atoms with Crippen LogP contribution in [0, 0.1) is 5.92 Å². The number of anilines is 2. The molecule has 0 amide bonds. The number of ether oxygens (including phenoxy) is 1. The third-order valence-electron chi connectivity index (χ3n) is 3.54. The molecule has 0 spiro atoms. The molecule has 1 aliphatic rings. The minimum absolute atomic E-state index is 0.0682. The summed E-state index contributed by atoms with van der Waals surface area (Å²) >= 11 is 0. The zero-order valence-electron chi connectivity index (χ0n) is 12.1. The van der Waals surface area contributed by atoms with Gasteiger partial charge in [-0.3, -0.25) is 4.98 Å². The van der Waals surface area contributed by atoms with Crippen LogP contribution < -0.4 is 15.8 Å². The van der Waals surface area contributed by atoms with Crippen molar-refractivity contribution in [2.24, 2.45) is 5.92 Å². The van der Waals surface area contributed by atoms with Gasteiger partial charge in [0.1, 0.15) is 5.82 Å². The van der Waals surface area contributed by atoms with Crippen LogP contribution in [0.4, 0.5) is 11.5 Å². The first-order valence-corrected chi connectivity index (χ1v) is 7.29. The molecule has 1 fully saturated rings. The van der Waals surface area contributed by atoms with Gasteiger partial charge in [0.2, 0.25) is 5.88 Å². The molecule has 2 aromatic rings. The van der Waals surface area contributed by atoms with Gasteiger partial charge in [-0.25, -0.2) is 0 Å². The molecule has 2 heterocycles. The number of pyridine rings is 2. The van der Waals surface area contributed by atoms with Gasteiger partial charge in [-0.15, -0.1) is 0 Å². The Morgan fingerprint density at radius 1 is 1.33 bits per heavy atom. The van der Waals surface area contributed by atoms with E-state index in [9.17, 15) is 0 Å². The number of nitrogens with one attached hydrogen (secondary N) is 1. The number of rotatable bonds is 6. The molecule has 1 aliphatic carbocycles. The van der Waals surface area contributed by atoms with Crippen molar-refractivity contribution in [3.05, 3.63) is 42.2 Å². The number of hydrogen-bond donors (Lipinski definition) is 2. The van der Waals surface area contributed by atoms with Crippen LogP contribution in [-0.4, -0.2) is 16.6 Å². The first-order valence-electron chi connectivity index (χ1n) is 7.29. The van der Waals surface area contributed by atoms with Crippen molar-refractivity contribution in [2.45, 2.75) is 25.8 Å². The number of nitrogens with zero attached hydrogens (tertiary/aromatic N) is 2. The second-order valence-corrected chi connectivity index (χ2v) is 5.47. The summed E-state index contributed by atoms with van der Waals surface area (Å²) < 4.78 is 5.70. The van der Waals surface area contributed by atoms with E-state index in [0.717, 1.165) is 11.5 Å². The molecule has 3 N–H and O–H groups in total. The lowest BCUT2D eigenvalue weighted by atomic mass is 10.2. The molecule has 1 unspecified atom stereocenters. The highest BCUT2D eigenvalue weighted by Gasteiger charge is 2.22. The fraction of sp³-hybridized carbons (Fsp3) is 0.375. The summed E-state index contributed by atoms with van der Waals surface area (Å²) in [6, 6.07) is 9.61. The van der Waals surface area contributed by atoms with Crippen LogP contribution in [0.1, 0.15) is 31.5 Å². The van der Waals surface area contributed by atoms with Crippen molar-refractivity contribution in [1.29, 1.82) is 0 Å². The van der Waals surface area contributed by atoms with E-state index in [4.69, 9.17) is 10.5 Å². The molecule has 21 heavy (non-hydrogen) atoms. The van der Waals surface area contributed by atoms with Gasteiger partial charge >= 0.3 is 0 Å². The average molecular weight is 284 g/mol. The fourth-order valence-corrected chi connectivity index (χ4v) is 2.06. The molecule has 0 saturated heterocycles. The van der Waals surface area contributed by atoms with Crippen LogP contribution in [0.5, 0.6) is 5.88 Å². The van der Waals surface area contributed by atoms with E-state index in [0.29, 0.717) is 24.1 Å². The van der Waals surface area contributed by atoms with Crippen molar-refractivity contribution in [1.82, 2.24) is 9.97 Å². The van der Waals surface area contributed by atoms with Gasteiger partial charge in [0.15, 0.2) is 0 Å². The Morgan fingerprint density at radius 3 is 2.90 bits per heavy atom. The van der Waals surface area contributed by atoms with Gasteiger partial charge in [-0.05, 0) is 49.9 Å². The summed E-state index contributed by atoms with van der Waals surface area (Å²) in [5.74, 6) is 1.93. The molecule has 0 aliphatic heterocycles. The molecule has 5 nitrogen and oxygen atoms in total. The minimum atomic E-state index is 0.0682. The Balaban J connectivity index is 1.68. The highest BCUT2D eigenvalue weighted by atomic mass is 16.5. The summed E-state index contributed by atoms with van der Waals surface area (Å²) in [4.78, 5) is 8.79. The van der Waals surface area contributed by atoms with E-state index in [2.05, 4.69) is 15.3 Å². The van der Waals surface area contributed by atoms with E-state index in [1.165, 1.54) is 12.8 Å². The zero-order valence-corrected chi connectivity index (χ0v) is 12.1. The zero-order chi connectivity index (χ0) is 14.7. The van der Waals surface area contributed by atoms with Crippen LogP contribution in [0.3, 0.4) is 0 Å². The Morgan fingerprint density at radius 2 is 2.19 bits per heavy atom. The normalized spacial score (nSPS) is 15.5. The summed E-state index contributed by atoms with van der Waals surface area (Å²) in [6.07, 6.45) is 4.28. The third-order valence-corrected chi connectivity index (χ3v) is 3.54. The number of hydrogen-bond acceptors (Lipinski definition) is 5. The molecule has 1 saturated carbocycles. The van der Waals surface area contributed by atoms with Gasteiger partial charge in [0.25, 0.3) is 0 Å². The Hall–Kier alpha value is -2.30. The van der Waals surface area contributed by atoms with Crippen molar-refractivity contribution >= 4 is 11.5 Å². The first kappa shape index (κ1) is 13.7. The van der Waals surface area contributed by atoms with E-state index < -0.39 is 0 Å². The highest BCUT2D eigenvalue weighted by Crippen LogP contribution is 2.31. The van der Waals surface area contributed by atoms with Gasteiger partial charge in [0, 0.05) is 6.20 Å². The summed E-state index contributed by atoms with van der Waals surface area (Å²) in [5.41, 5.74) is 7.46. The van der Waals surface area contributed by atoms with Crippen LogP contribution in [0.25, 0.3) is 0 Å². The molecule has 3 rings (SSSR count). The molecule has 110 valence electrons. The maximum absolute atomic E-state index is 5.91. The van der Waals surface area contributed by atoms with Gasteiger partial charge in [-0.1, -0.05) is 6.07 Å². The van der Waals surface area contributed by atoms with Crippen LogP contribution >= 0.6 is 0 Å². The first-order chi connectivity index (χ1) is 10.2. The van der Waals surface area contributed by atoms with Crippen LogP contribution in [0.2, 0.25) is 0 Å². The SMILES string of the molecule is CC(Nc1ccc(N)c(OCC2CC2)n1)c1ccccn1. The van der Waals surface area contributed by atoms with Gasteiger partial charge < -0.3 is 15.8 Å². The van der Waals surface area contributed by atoms with Crippen molar-refractivity contribution in [2.75, 3.05) is 17.7 Å². The Bertz CT molecular complexity index is 598. The third kappa shape index (κ3) is 3.62. The largest absolute Gasteiger partial charge is 0.476 e. The Kier molecular flexibility index (Phi) is 3.90. The van der Waals surface area contributed by atoms with Gasteiger partial charge in [-0.2, -0.15) is 4.98 Å². The van der Waals surface area contributed by atoms with E-state index >= 15 is 0 Å². The Labute approximate surface area is 124 Å². The topological polar surface area (TPSA) is 73.1 Å². The van der Waals surface area contributed by atoms with Crippen LogP contribution in [-0.2, 0) is 0 Å². The second kappa shape index (κ2) is 5.99. The molecule has 0 bridgehead atoms. The number of nitrogens with two attached hydrogens (primary N) is 1. The predicted molar refractivity (Wildman–Crippen MR) is 83.1 cm³/mol. The second-order valence-electron chi connectivity index (χ2n) is 5.47. The summed E-state index contributed by atoms with van der Waals surface area (Å²) in [5, 5.41) is 3.32. The molecular weight excluding hydrogens is 264 g/mol. The van der Waals surface area contributed by atoms with Crippen molar-refractivity contribution in [3.8, 4) is 5.88 Å². The molecule has 0 radical (unpaired) electrons. The van der Waals surface area contributed by atoms with E-state index in [-0.39, 0.29) is 6.04 Å². The molecule has 5 heteroatoms. The smallest absolute Gasteiger partial charge is 0.239 e.